The summed E-state index contributed by atoms with van der Waals surface area (Å²) in [5.74, 6) is -0.183. The molecule has 7 rings (SSSR count). The van der Waals surface area contributed by atoms with Crippen molar-refractivity contribution in [2.24, 2.45) is 0 Å². The molecule has 2 atom stereocenters. The molecule has 0 bridgehead atoms. The fourth-order valence-corrected chi connectivity index (χ4v) is 7.40. The van der Waals surface area contributed by atoms with Crippen molar-refractivity contribution >= 4 is 44.0 Å². The van der Waals surface area contributed by atoms with Gasteiger partial charge in [0.05, 0.1) is 0 Å². The molecule has 1 nitrogen and oxygen atoms in total. The Morgan fingerprint density at radius 3 is 1.41 bits per heavy atom. The molecule has 0 aliphatic heterocycles. The highest BCUT2D eigenvalue weighted by Crippen LogP contribution is 2.63. The lowest BCUT2D eigenvalue weighted by atomic mass is 9.67. The van der Waals surface area contributed by atoms with E-state index in [1.807, 2.05) is 66.7 Å². The lowest BCUT2D eigenvalue weighted by molar-refractivity contribution is -0.114. The summed E-state index contributed by atoms with van der Waals surface area (Å²) in [6.45, 7) is 0. The molecule has 0 saturated carbocycles. The molecule has 5 aromatic carbocycles. The number of fused-ring (bicyclic) bond motifs is 1. The number of hydrogen-bond donors (Lipinski definition) is 0. The van der Waals surface area contributed by atoms with Crippen molar-refractivity contribution in [2.75, 3.05) is 0 Å². The van der Waals surface area contributed by atoms with Crippen molar-refractivity contribution in [1.82, 2.24) is 0 Å². The first-order valence-corrected chi connectivity index (χ1v) is 14.7. The highest BCUT2D eigenvalue weighted by molar-refractivity contribution is 9.10. The van der Waals surface area contributed by atoms with Crippen molar-refractivity contribution in [3.05, 3.63) is 191 Å². The Kier molecular flexibility index (Phi) is 6.49. The number of allylic oxidation sites excluding steroid dienone is 6. The summed E-state index contributed by atoms with van der Waals surface area (Å²) in [7, 11) is 0. The molecular weight excluding hydrogens is 564 g/mol. The minimum absolute atomic E-state index is 0.0863. The molecule has 2 aliphatic carbocycles. The predicted octanol–water partition coefficient (Wildman–Crippen LogP) is 9.65. The number of alkyl halides is 1. The number of Topliss-reactive ketones (excluding diaryl/α,β-unsaturated/α-hetero) is 1. The van der Waals surface area contributed by atoms with Gasteiger partial charge in [0.25, 0.3) is 0 Å². The van der Waals surface area contributed by atoms with Gasteiger partial charge in [-0.2, -0.15) is 0 Å². The van der Waals surface area contributed by atoms with E-state index in [0.29, 0.717) is 0 Å². The third-order valence-electron chi connectivity index (χ3n) is 8.16. The number of ketones is 1. The lowest BCUT2D eigenvalue weighted by Gasteiger charge is -2.40. The third kappa shape index (κ3) is 4.18. The van der Waals surface area contributed by atoms with Crippen LogP contribution in [0.2, 0.25) is 0 Å². The van der Waals surface area contributed by atoms with Crippen molar-refractivity contribution < 1.29 is 4.79 Å². The van der Waals surface area contributed by atoms with Gasteiger partial charge in [0.2, 0.25) is 0 Å². The molecule has 2 aliphatic rings. The maximum atomic E-state index is 15.1. The Hall–Kier alpha value is -4.53. The minimum Gasteiger partial charge on any atom is -0.292 e. The number of hydrogen-bond acceptors (Lipinski definition) is 1. The zero-order chi connectivity index (χ0) is 27.8. The van der Waals surface area contributed by atoms with E-state index in [9.17, 15) is 0 Å². The zero-order valence-electron chi connectivity index (χ0n) is 22.4. The topological polar surface area (TPSA) is 17.1 Å². The molecule has 0 amide bonds. The molecule has 0 spiro atoms. The van der Waals surface area contributed by atoms with Crippen molar-refractivity contribution in [2.45, 2.75) is 10.2 Å². The molecule has 41 heavy (non-hydrogen) atoms. The lowest BCUT2D eigenvalue weighted by Crippen LogP contribution is -2.40. The molecule has 196 valence electrons. The zero-order valence-corrected chi connectivity index (χ0v) is 24.0. The first-order chi connectivity index (χ1) is 20.2. The Bertz CT molecular complexity index is 1820. The summed E-state index contributed by atoms with van der Waals surface area (Å²) in [5.41, 5.74) is 10.3. The first kappa shape index (κ1) is 25.4. The maximum Gasteiger partial charge on any atom is 0.186 e. The molecule has 0 fully saturated rings. The minimum atomic E-state index is -0.992. The van der Waals surface area contributed by atoms with Crippen LogP contribution in [0.3, 0.4) is 0 Å². The Balaban J connectivity index is 1.63. The highest BCUT2D eigenvalue weighted by Gasteiger charge is 2.58. The van der Waals surface area contributed by atoms with Gasteiger partial charge in [0.1, 0.15) is 4.32 Å². The normalized spacial score (nSPS) is 20.2. The van der Waals surface area contributed by atoms with Gasteiger partial charge in [0.15, 0.2) is 5.78 Å². The molecule has 2 heteroatoms. The van der Waals surface area contributed by atoms with Gasteiger partial charge in [-0.25, -0.2) is 0 Å². The standard InChI is InChI=1S/C39H27BrO/c40-39-33(35(29-20-10-3-11-21-29)36(38(39)41)30-22-12-4-13-23-30)26-32(27-16-6-1-7-17-27)34(28-18-8-2-9-19-28)37(39)31-24-14-5-15-25-31/h1-26,37H. The Labute approximate surface area is 249 Å². The summed E-state index contributed by atoms with van der Waals surface area (Å²) in [4.78, 5) is 15.1. The van der Waals surface area contributed by atoms with Gasteiger partial charge in [0, 0.05) is 11.5 Å². The van der Waals surface area contributed by atoms with Crippen molar-refractivity contribution in [3.8, 4) is 0 Å². The molecule has 0 N–H and O–H groups in total. The van der Waals surface area contributed by atoms with E-state index in [1.54, 1.807) is 0 Å². The molecule has 2 unspecified atom stereocenters. The fraction of sp³-hybridized carbons (Fsp3) is 0.0513. The molecule has 0 aromatic heterocycles. The molecule has 0 heterocycles. The van der Waals surface area contributed by atoms with Crippen LogP contribution in [0.5, 0.6) is 0 Å². The van der Waals surface area contributed by atoms with E-state index in [2.05, 4.69) is 107 Å². The van der Waals surface area contributed by atoms with Gasteiger partial charge in [-0.1, -0.05) is 168 Å². The number of carbonyl (C=O) groups is 1. The average Bonchev–Trinajstić information content (AvgIpc) is 3.28. The van der Waals surface area contributed by atoms with Gasteiger partial charge >= 0.3 is 0 Å². The Morgan fingerprint density at radius 1 is 0.488 bits per heavy atom. The van der Waals surface area contributed by atoms with Gasteiger partial charge in [-0.15, -0.1) is 0 Å². The van der Waals surface area contributed by atoms with Crippen molar-refractivity contribution in [1.29, 1.82) is 0 Å². The molecule has 0 radical (unpaired) electrons. The molecular formula is C39H27BrO. The van der Waals surface area contributed by atoms with Crippen molar-refractivity contribution in [3.63, 3.8) is 0 Å². The van der Waals surface area contributed by atoms with E-state index in [-0.39, 0.29) is 11.7 Å². The SMILES string of the molecule is O=C1C(c2ccccc2)=C(c2ccccc2)C2=CC(c3ccccc3)=C(c3ccccc3)C(c3ccccc3)C12Br. The molecule has 0 saturated heterocycles. The van der Waals surface area contributed by atoms with Crippen LogP contribution in [0, 0.1) is 0 Å². The van der Waals surface area contributed by atoms with Crippen LogP contribution in [0.1, 0.15) is 33.7 Å². The highest BCUT2D eigenvalue weighted by atomic mass is 79.9. The van der Waals surface area contributed by atoms with Crippen LogP contribution in [0.25, 0.3) is 22.3 Å². The van der Waals surface area contributed by atoms with Crippen LogP contribution in [0.15, 0.2) is 163 Å². The van der Waals surface area contributed by atoms with Gasteiger partial charge in [-0.05, 0) is 56.2 Å². The summed E-state index contributed by atoms with van der Waals surface area (Å²) < 4.78 is -0.992. The first-order valence-electron chi connectivity index (χ1n) is 13.9. The predicted molar refractivity (Wildman–Crippen MR) is 173 cm³/mol. The summed E-state index contributed by atoms with van der Waals surface area (Å²) in [5, 5.41) is 0. The van der Waals surface area contributed by atoms with E-state index < -0.39 is 4.32 Å². The van der Waals surface area contributed by atoms with E-state index in [1.165, 1.54) is 0 Å². The second kappa shape index (κ2) is 10.5. The average molecular weight is 592 g/mol. The number of halogens is 1. The van der Waals surface area contributed by atoms with E-state index in [0.717, 1.165) is 55.7 Å². The van der Waals surface area contributed by atoms with Crippen LogP contribution < -0.4 is 0 Å². The third-order valence-corrected chi connectivity index (χ3v) is 9.41. The van der Waals surface area contributed by atoms with Gasteiger partial charge in [-0.3, -0.25) is 4.79 Å². The van der Waals surface area contributed by atoms with Gasteiger partial charge < -0.3 is 0 Å². The second-order valence-corrected chi connectivity index (χ2v) is 11.7. The largest absolute Gasteiger partial charge is 0.292 e. The molecule has 5 aromatic rings. The summed E-state index contributed by atoms with van der Waals surface area (Å²) in [6.07, 6.45) is 2.27. The van der Waals surface area contributed by atoms with Crippen LogP contribution in [0.4, 0.5) is 0 Å². The smallest absolute Gasteiger partial charge is 0.186 e. The van der Waals surface area contributed by atoms with Crippen LogP contribution in [-0.2, 0) is 4.79 Å². The van der Waals surface area contributed by atoms with Crippen LogP contribution >= 0.6 is 15.9 Å². The number of rotatable bonds is 5. The number of carbonyl (C=O) groups excluding carboxylic acids is 1. The maximum absolute atomic E-state index is 15.1. The second-order valence-electron chi connectivity index (χ2n) is 10.5. The number of benzene rings is 5. The van der Waals surface area contributed by atoms with E-state index in [4.69, 9.17) is 0 Å². The Morgan fingerprint density at radius 2 is 0.902 bits per heavy atom. The summed E-state index contributed by atoms with van der Waals surface area (Å²) in [6, 6.07) is 52.0. The summed E-state index contributed by atoms with van der Waals surface area (Å²) >= 11 is 4.21. The quantitative estimate of drug-likeness (QED) is 0.186. The monoisotopic (exact) mass is 590 g/mol. The van der Waals surface area contributed by atoms with E-state index >= 15 is 4.79 Å². The fourth-order valence-electron chi connectivity index (χ4n) is 6.40. The van der Waals surface area contributed by atoms with Crippen LogP contribution in [-0.4, -0.2) is 10.1 Å².